The van der Waals surface area contributed by atoms with Gasteiger partial charge in [-0.2, -0.15) is 0 Å². The van der Waals surface area contributed by atoms with Gasteiger partial charge in [0.15, 0.2) is 0 Å². The average molecular weight is 467 g/mol. The minimum atomic E-state index is -0.313. The average Bonchev–Trinajstić information content (AvgIpc) is 3.36. The lowest BCUT2D eigenvalue weighted by Crippen LogP contribution is -2.16. The molecule has 1 aliphatic heterocycles. The fraction of sp³-hybridized carbons (Fsp3) is 0.258. The summed E-state index contributed by atoms with van der Waals surface area (Å²) in [4.78, 5) is 13.5. The van der Waals surface area contributed by atoms with Crippen molar-refractivity contribution in [3.63, 3.8) is 0 Å². The summed E-state index contributed by atoms with van der Waals surface area (Å²) in [6.45, 7) is 9.33. The first-order valence-corrected chi connectivity index (χ1v) is 12.1. The van der Waals surface area contributed by atoms with Crippen LogP contribution < -0.4 is 4.74 Å². The smallest absolute Gasteiger partial charge is 0.339 e. The predicted molar refractivity (Wildman–Crippen MR) is 139 cm³/mol. The van der Waals surface area contributed by atoms with E-state index in [1.165, 1.54) is 0 Å². The molecular weight excluding hydrogens is 436 g/mol. The monoisotopic (exact) mass is 466 g/mol. The maximum atomic E-state index is 13.5. The summed E-state index contributed by atoms with van der Waals surface area (Å²) in [5.41, 5.74) is 7.69. The molecule has 0 aromatic heterocycles. The normalized spacial score (nSPS) is 12.7. The summed E-state index contributed by atoms with van der Waals surface area (Å²) in [6, 6.07) is 22.4. The highest BCUT2D eigenvalue weighted by Crippen LogP contribution is 2.45. The van der Waals surface area contributed by atoms with Gasteiger partial charge in [-0.3, -0.25) is 0 Å². The van der Waals surface area contributed by atoms with Gasteiger partial charge in [0, 0.05) is 11.1 Å². The third-order valence-corrected chi connectivity index (χ3v) is 6.69. The Balaban J connectivity index is 1.78. The van der Waals surface area contributed by atoms with Crippen LogP contribution in [0, 0.1) is 13.8 Å². The Bertz CT molecular complexity index is 1400. The molecule has 0 saturated heterocycles. The van der Waals surface area contributed by atoms with Gasteiger partial charge in [-0.25, -0.2) is 4.79 Å². The van der Waals surface area contributed by atoms with Crippen LogP contribution in [-0.4, -0.2) is 12.1 Å². The van der Waals surface area contributed by atoms with Crippen molar-refractivity contribution in [3.8, 4) is 16.9 Å². The molecule has 178 valence electrons. The Morgan fingerprint density at radius 3 is 2.29 bits per heavy atom. The SMILES string of the molecule is Cc1c2c(c(C)c(-c3c(OCc4ccccc4)ccc4ccccc34)c1C(=O)OC(C)C)COC2. The van der Waals surface area contributed by atoms with Gasteiger partial charge in [0.25, 0.3) is 0 Å². The van der Waals surface area contributed by atoms with E-state index in [0.29, 0.717) is 25.4 Å². The third kappa shape index (κ3) is 4.30. The zero-order valence-corrected chi connectivity index (χ0v) is 20.7. The van der Waals surface area contributed by atoms with E-state index in [2.05, 4.69) is 25.1 Å². The third-order valence-electron chi connectivity index (χ3n) is 6.69. The van der Waals surface area contributed by atoms with Crippen molar-refractivity contribution in [1.82, 2.24) is 0 Å². The minimum absolute atomic E-state index is 0.221. The molecule has 35 heavy (non-hydrogen) atoms. The van der Waals surface area contributed by atoms with Gasteiger partial charge in [-0.1, -0.05) is 60.7 Å². The topological polar surface area (TPSA) is 44.8 Å². The number of hydrogen-bond acceptors (Lipinski definition) is 4. The molecule has 0 spiro atoms. The molecule has 0 fully saturated rings. The van der Waals surface area contributed by atoms with Crippen LogP contribution in [0.15, 0.2) is 66.7 Å². The summed E-state index contributed by atoms with van der Waals surface area (Å²) in [5.74, 6) is 0.430. The van der Waals surface area contributed by atoms with E-state index in [4.69, 9.17) is 14.2 Å². The second-order valence-electron chi connectivity index (χ2n) is 9.34. The van der Waals surface area contributed by atoms with Crippen LogP contribution in [0.1, 0.15) is 52.0 Å². The van der Waals surface area contributed by atoms with Gasteiger partial charge in [0.05, 0.1) is 24.9 Å². The summed E-state index contributed by atoms with van der Waals surface area (Å²) in [7, 11) is 0. The summed E-state index contributed by atoms with van der Waals surface area (Å²) >= 11 is 0. The van der Waals surface area contributed by atoms with Gasteiger partial charge in [-0.05, 0) is 72.4 Å². The second-order valence-corrected chi connectivity index (χ2v) is 9.34. The van der Waals surface area contributed by atoms with E-state index in [1.54, 1.807) is 0 Å². The Morgan fingerprint density at radius 1 is 0.857 bits per heavy atom. The molecule has 1 aliphatic rings. The van der Waals surface area contributed by atoms with E-state index in [0.717, 1.165) is 55.5 Å². The molecule has 0 radical (unpaired) electrons. The maximum absolute atomic E-state index is 13.5. The van der Waals surface area contributed by atoms with Crippen LogP contribution in [0.3, 0.4) is 0 Å². The van der Waals surface area contributed by atoms with Gasteiger partial charge in [0.1, 0.15) is 12.4 Å². The van der Waals surface area contributed by atoms with Crippen LogP contribution >= 0.6 is 0 Å². The number of fused-ring (bicyclic) bond motifs is 2. The largest absolute Gasteiger partial charge is 0.488 e. The highest BCUT2D eigenvalue weighted by atomic mass is 16.5. The molecule has 0 atom stereocenters. The molecule has 0 aliphatic carbocycles. The van der Waals surface area contributed by atoms with E-state index < -0.39 is 0 Å². The fourth-order valence-corrected chi connectivity index (χ4v) is 4.98. The van der Waals surface area contributed by atoms with Gasteiger partial charge in [-0.15, -0.1) is 0 Å². The highest BCUT2D eigenvalue weighted by molar-refractivity contribution is 6.08. The lowest BCUT2D eigenvalue weighted by Gasteiger charge is -2.23. The Kier molecular flexibility index (Phi) is 6.31. The van der Waals surface area contributed by atoms with Crippen LogP contribution in [0.5, 0.6) is 5.75 Å². The molecule has 4 aromatic rings. The first-order chi connectivity index (χ1) is 17.0. The zero-order chi connectivity index (χ0) is 24.5. The number of carbonyl (C=O) groups excluding carboxylic acids is 1. The van der Waals surface area contributed by atoms with E-state index >= 15 is 0 Å². The lowest BCUT2D eigenvalue weighted by molar-refractivity contribution is 0.0377. The van der Waals surface area contributed by atoms with Crippen molar-refractivity contribution >= 4 is 16.7 Å². The maximum Gasteiger partial charge on any atom is 0.339 e. The van der Waals surface area contributed by atoms with Crippen molar-refractivity contribution in [1.29, 1.82) is 0 Å². The van der Waals surface area contributed by atoms with Gasteiger partial charge >= 0.3 is 5.97 Å². The van der Waals surface area contributed by atoms with Crippen molar-refractivity contribution in [3.05, 3.63) is 100 Å². The summed E-state index contributed by atoms with van der Waals surface area (Å²) < 4.78 is 18.0. The molecule has 0 amide bonds. The first-order valence-electron chi connectivity index (χ1n) is 12.1. The van der Waals surface area contributed by atoms with Crippen LogP contribution in [0.25, 0.3) is 21.9 Å². The number of hydrogen-bond donors (Lipinski definition) is 0. The zero-order valence-electron chi connectivity index (χ0n) is 20.7. The number of esters is 1. The molecule has 4 nitrogen and oxygen atoms in total. The standard InChI is InChI=1S/C31H30O4/c1-19(2)35-31(32)29-21(4)26-18-33-17-25(26)20(3)28(29)30-24-13-9-8-12-23(24)14-15-27(30)34-16-22-10-6-5-7-11-22/h5-15,19H,16-18H2,1-4H3. The Labute approximate surface area is 206 Å². The number of benzene rings is 4. The fourth-order valence-electron chi connectivity index (χ4n) is 4.98. The minimum Gasteiger partial charge on any atom is -0.488 e. The number of ether oxygens (including phenoxy) is 3. The molecule has 1 heterocycles. The Morgan fingerprint density at radius 2 is 1.54 bits per heavy atom. The van der Waals surface area contributed by atoms with Gasteiger partial charge < -0.3 is 14.2 Å². The highest BCUT2D eigenvalue weighted by Gasteiger charge is 2.30. The summed E-state index contributed by atoms with van der Waals surface area (Å²) in [6.07, 6.45) is -0.221. The van der Waals surface area contributed by atoms with Crippen LogP contribution in [-0.2, 0) is 29.3 Å². The molecule has 0 unspecified atom stereocenters. The number of carbonyl (C=O) groups is 1. The second kappa shape index (κ2) is 9.55. The van der Waals surface area contributed by atoms with E-state index in [9.17, 15) is 4.79 Å². The van der Waals surface area contributed by atoms with E-state index in [1.807, 2.05) is 69.3 Å². The van der Waals surface area contributed by atoms with Crippen molar-refractivity contribution < 1.29 is 19.0 Å². The lowest BCUT2D eigenvalue weighted by atomic mass is 9.83. The van der Waals surface area contributed by atoms with E-state index in [-0.39, 0.29) is 12.1 Å². The van der Waals surface area contributed by atoms with Crippen molar-refractivity contribution in [2.45, 2.75) is 53.6 Å². The molecule has 4 aromatic carbocycles. The molecule has 4 heteroatoms. The van der Waals surface area contributed by atoms with Crippen molar-refractivity contribution in [2.75, 3.05) is 0 Å². The molecule has 0 N–H and O–H groups in total. The first kappa shape index (κ1) is 23.1. The molecule has 5 rings (SSSR count). The number of rotatable bonds is 6. The molecule has 0 bridgehead atoms. The van der Waals surface area contributed by atoms with Crippen LogP contribution in [0.4, 0.5) is 0 Å². The predicted octanol–water partition coefficient (Wildman–Crippen LogP) is 7.30. The van der Waals surface area contributed by atoms with Crippen molar-refractivity contribution in [2.24, 2.45) is 0 Å². The van der Waals surface area contributed by atoms with Gasteiger partial charge in [0.2, 0.25) is 0 Å². The molecule has 0 saturated carbocycles. The summed E-state index contributed by atoms with van der Waals surface area (Å²) in [5, 5.41) is 2.13. The van der Waals surface area contributed by atoms with Crippen LogP contribution in [0.2, 0.25) is 0 Å². The molecular formula is C31H30O4. The Hall–Kier alpha value is -3.63. The quantitative estimate of drug-likeness (QED) is 0.280.